The van der Waals surface area contributed by atoms with Crippen LogP contribution >= 0.6 is 0 Å². The highest BCUT2D eigenvalue weighted by molar-refractivity contribution is 5.29. The Balaban J connectivity index is 2.89. The molecule has 0 saturated heterocycles. The minimum absolute atomic E-state index is 0.172. The molecule has 1 aliphatic carbocycles. The van der Waals surface area contributed by atoms with E-state index in [0.717, 1.165) is 6.08 Å². The fourth-order valence-electron chi connectivity index (χ4n) is 1.13. The normalized spacial score (nSPS) is 23.6. The van der Waals surface area contributed by atoms with Crippen molar-refractivity contribution in [2.75, 3.05) is 7.11 Å². The van der Waals surface area contributed by atoms with E-state index >= 15 is 0 Å². The molecule has 2 N–H and O–H groups in total. The van der Waals surface area contributed by atoms with Crippen molar-refractivity contribution < 1.29 is 17.9 Å². The predicted octanol–water partition coefficient (Wildman–Crippen LogP) is 1.74. The summed E-state index contributed by atoms with van der Waals surface area (Å²) in [5.74, 6) is 0.172. The van der Waals surface area contributed by atoms with Crippen molar-refractivity contribution in [1.82, 2.24) is 0 Å². The molecule has 0 heterocycles. The van der Waals surface area contributed by atoms with E-state index in [-0.39, 0.29) is 12.2 Å². The number of halogens is 3. The van der Waals surface area contributed by atoms with E-state index in [4.69, 9.17) is 10.5 Å². The second-order valence-electron chi connectivity index (χ2n) is 2.81. The maximum Gasteiger partial charge on any atom is 0.412 e. The molecule has 5 heteroatoms. The lowest BCUT2D eigenvalue weighted by Crippen LogP contribution is -2.26. The van der Waals surface area contributed by atoms with Crippen molar-refractivity contribution in [1.29, 1.82) is 0 Å². The third kappa shape index (κ3) is 2.48. The molecule has 0 aromatic carbocycles. The predicted molar refractivity (Wildman–Crippen MR) is 41.8 cm³/mol. The van der Waals surface area contributed by atoms with Gasteiger partial charge in [0.1, 0.15) is 5.76 Å². The summed E-state index contributed by atoms with van der Waals surface area (Å²) in [6.45, 7) is 0. The molecule has 0 spiro atoms. The Morgan fingerprint density at radius 1 is 1.54 bits per heavy atom. The number of hydrogen-bond acceptors (Lipinski definition) is 2. The summed E-state index contributed by atoms with van der Waals surface area (Å²) in [6.07, 6.45) is -2.05. The van der Waals surface area contributed by atoms with Crippen LogP contribution in [0.4, 0.5) is 13.2 Å². The van der Waals surface area contributed by atoms with Gasteiger partial charge in [0.05, 0.1) is 7.11 Å². The molecular weight excluding hydrogens is 183 g/mol. The van der Waals surface area contributed by atoms with Crippen LogP contribution in [0.3, 0.4) is 0 Å². The molecule has 0 amide bonds. The molecule has 0 aromatic heterocycles. The second kappa shape index (κ2) is 3.41. The topological polar surface area (TPSA) is 35.2 Å². The minimum atomic E-state index is -4.31. The molecule has 1 unspecified atom stereocenters. The highest BCUT2D eigenvalue weighted by Gasteiger charge is 2.35. The molecule has 0 radical (unpaired) electrons. The van der Waals surface area contributed by atoms with E-state index in [1.165, 1.54) is 13.2 Å². The summed E-state index contributed by atoms with van der Waals surface area (Å²) in [4.78, 5) is 0. The third-order valence-corrected chi connectivity index (χ3v) is 1.75. The zero-order valence-electron chi connectivity index (χ0n) is 7.06. The quantitative estimate of drug-likeness (QED) is 0.688. The van der Waals surface area contributed by atoms with Gasteiger partial charge in [0.25, 0.3) is 0 Å². The summed E-state index contributed by atoms with van der Waals surface area (Å²) in [6, 6.07) is -0.614. The van der Waals surface area contributed by atoms with Gasteiger partial charge in [-0.2, -0.15) is 13.2 Å². The SMILES string of the molecule is COC1=CC(N)CC(C(F)(F)F)=C1. The Morgan fingerprint density at radius 2 is 2.15 bits per heavy atom. The molecule has 0 saturated carbocycles. The number of rotatable bonds is 1. The fourth-order valence-corrected chi connectivity index (χ4v) is 1.13. The fraction of sp³-hybridized carbons (Fsp3) is 0.500. The van der Waals surface area contributed by atoms with Crippen LogP contribution in [0.25, 0.3) is 0 Å². The molecule has 74 valence electrons. The summed E-state index contributed by atoms with van der Waals surface area (Å²) in [5, 5.41) is 0. The number of nitrogens with two attached hydrogens (primary N) is 1. The molecule has 1 aliphatic rings. The van der Waals surface area contributed by atoms with Crippen LogP contribution in [0.2, 0.25) is 0 Å². The molecule has 1 atom stereocenters. The largest absolute Gasteiger partial charge is 0.497 e. The average molecular weight is 193 g/mol. The van der Waals surface area contributed by atoms with Gasteiger partial charge in [-0.15, -0.1) is 0 Å². The zero-order chi connectivity index (χ0) is 10.1. The summed E-state index contributed by atoms with van der Waals surface area (Å²) in [7, 11) is 1.31. The second-order valence-corrected chi connectivity index (χ2v) is 2.81. The average Bonchev–Trinajstić information content (AvgIpc) is 2.01. The van der Waals surface area contributed by atoms with Crippen molar-refractivity contribution in [3.63, 3.8) is 0 Å². The van der Waals surface area contributed by atoms with Crippen LogP contribution in [0.1, 0.15) is 6.42 Å². The molecule has 0 aromatic rings. The Labute approximate surface area is 73.9 Å². The van der Waals surface area contributed by atoms with Gasteiger partial charge in [-0.3, -0.25) is 0 Å². The van der Waals surface area contributed by atoms with Crippen molar-refractivity contribution in [2.45, 2.75) is 18.6 Å². The summed E-state index contributed by atoms with van der Waals surface area (Å²) in [5.41, 5.74) is 4.75. The Bertz CT molecular complexity index is 255. The van der Waals surface area contributed by atoms with Crippen molar-refractivity contribution in [3.05, 3.63) is 23.5 Å². The van der Waals surface area contributed by atoms with Gasteiger partial charge in [0.2, 0.25) is 0 Å². The van der Waals surface area contributed by atoms with Crippen LogP contribution in [0, 0.1) is 0 Å². The standard InChI is InChI=1S/C8H10F3NO/c1-13-7-3-5(8(9,10)11)2-6(12)4-7/h3-4,6H,2,12H2,1H3. The van der Waals surface area contributed by atoms with E-state index in [1.54, 1.807) is 0 Å². The van der Waals surface area contributed by atoms with E-state index in [2.05, 4.69) is 0 Å². The van der Waals surface area contributed by atoms with Crippen molar-refractivity contribution in [2.24, 2.45) is 5.73 Å². The van der Waals surface area contributed by atoms with E-state index in [0.29, 0.717) is 0 Å². The van der Waals surface area contributed by atoms with Gasteiger partial charge >= 0.3 is 6.18 Å². The van der Waals surface area contributed by atoms with Crippen molar-refractivity contribution in [3.8, 4) is 0 Å². The lowest BCUT2D eigenvalue weighted by Gasteiger charge is -2.19. The Kier molecular flexibility index (Phi) is 2.66. The monoisotopic (exact) mass is 193 g/mol. The van der Waals surface area contributed by atoms with E-state index in [1.807, 2.05) is 0 Å². The first kappa shape index (κ1) is 10.1. The first-order valence-corrected chi connectivity index (χ1v) is 3.72. The number of alkyl halides is 3. The van der Waals surface area contributed by atoms with Crippen LogP contribution in [0.15, 0.2) is 23.5 Å². The molecule has 13 heavy (non-hydrogen) atoms. The summed E-state index contributed by atoms with van der Waals surface area (Å²) < 4.78 is 41.3. The maximum absolute atomic E-state index is 12.2. The van der Waals surface area contributed by atoms with Crippen LogP contribution in [-0.4, -0.2) is 19.3 Å². The lowest BCUT2D eigenvalue weighted by molar-refractivity contribution is -0.0948. The van der Waals surface area contributed by atoms with Gasteiger partial charge in [0, 0.05) is 11.6 Å². The number of hydrogen-bond donors (Lipinski definition) is 1. The minimum Gasteiger partial charge on any atom is -0.497 e. The number of ether oxygens (including phenoxy) is 1. The molecule has 2 nitrogen and oxygen atoms in total. The smallest absolute Gasteiger partial charge is 0.412 e. The first-order valence-electron chi connectivity index (χ1n) is 3.72. The van der Waals surface area contributed by atoms with Gasteiger partial charge in [-0.25, -0.2) is 0 Å². The number of methoxy groups -OCH3 is 1. The number of allylic oxidation sites excluding steroid dienone is 1. The Morgan fingerprint density at radius 3 is 2.62 bits per heavy atom. The highest BCUT2D eigenvalue weighted by Crippen LogP contribution is 2.32. The van der Waals surface area contributed by atoms with Crippen LogP contribution in [0.5, 0.6) is 0 Å². The highest BCUT2D eigenvalue weighted by atomic mass is 19.4. The first-order chi connectivity index (χ1) is 5.93. The maximum atomic E-state index is 12.2. The zero-order valence-corrected chi connectivity index (χ0v) is 7.06. The van der Waals surface area contributed by atoms with Gasteiger partial charge in [-0.05, 0) is 18.6 Å². The molecule has 0 fully saturated rings. The molecular formula is C8H10F3NO. The van der Waals surface area contributed by atoms with Gasteiger partial charge in [0.15, 0.2) is 0 Å². The third-order valence-electron chi connectivity index (χ3n) is 1.75. The lowest BCUT2D eigenvalue weighted by atomic mass is 10.00. The van der Waals surface area contributed by atoms with Crippen LogP contribution in [-0.2, 0) is 4.74 Å². The molecule has 1 rings (SSSR count). The Hall–Kier alpha value is -0.970. The molecule has 0 bridgehead atoms. The molecule has 0 aliphatic heterocycles. The van der Waals surface area contributed by atoms with Crippen LogP contribution < -0.4 is 5.73 Å². The van der Waals surface area contributed by atoms with Gasteiger partial charge in [-0.1, -0.05) is 0 Å². The summed E-state index contributed by atoms with van der Waals surface area (Å²) >= 11 is 0. The van der Waals surface area contributed by atoms with Gasteiger partial charge < -0.3 is 10.5 Å². The van der Waals surface area contributed by atoms with Crippen molar-refractivity contribution >= 4 is 0 Å². The van der Waals surface area contributed by atoms with E-state index < -0.39 is 17.8 Å². The van der Waals surface area contributed by atoms with E-state index in [9.17, 15) is 13.2 Å².